The Hall–Kier alpha value is -2.35. The second-order valence-electron chi connectivity index (χ2n) is 6.20. The molecule has 0 saturated carbocycles. The van der Waals surface area contributed by atoms with Crippen molar-refractivity contribution in [1.82, 2.24) is 10.2 Å². The van der Waals surface area contributed by atoms with Crippen molar-refractivity contribution in [3.05, 3.63) is 35.4 Å². The maximum absolute atomic E-state index is 11.9. The van der Waals surface area contributed by atoms with Crippen LogP contribution in [0.25, 0.3) is 0 Å². The Morgan fingerprint density at radius 2 is 2.00 bits per heavy atom. The number of nitrogens with zero attached hydrogens (tertiary/aromatic N) is 2. The molecular weight excluding hydrogens is 302 g/mol. The highest BCUT2D eigenvalue weighted by Crippen LogP contribution is 2.11. The van der Waals surface area contributed by atoms with Gasteiger partial charge >= 0.3 is 0 Å². The van der Waals surface area contributed by atoms with Crippen LogP contribution >= 0.6 is 0 Å². The van der Waals surface area contributed by atoms with Crippen LogP contribution in [0.2, 0.25) is 0 Å². The monoisotopic (exact) mass is 327 g/mol. The summed E-state index contributed by atoms with van der Waals surface area (Å²) >= 11 is 0. The third-order valence-electron chi connectivity index (χ3n) is 4.32. The van der Waals surface area contributed by atoms with Gasteiger partial charge in [0.15, 0.2) is 0 Å². The van der Waals surface area contributed by atoms with Crippen molar-refractivity contribution in [1.29, 1.82) is 5.26 Å². The van der Waals surface area contributed by atoms with Gasteiger partial charge in [-0.3, -0.25) is 9.59 Å². The summed E-state index contributed by atoms with van der Waals surface area (Å²) in [4.78, 5) is 25.7. The third-order valence-corrected chi connectivity index (χ3v) is 4.32. The van der Waals surface area contributed by atoms with Gasteiger partial charge < -0.3 is 10.2 Å². The quantitative estimate of drug-likeness (QED) is 0.782. The van der Waals surface area contributed by atoms with Crippen molar-refractivity contribution < 1.29 is 9.59 Å². The molecule has 1 N–H and O–H groups in total. The predicted molar refractivity (Wildman–Crippen MR) is 92.2 cm³/mol. The molecule has 0 radical (unpaired) electrons. The normalized spacial score (nSPS) is 14.8. The molecule has 5 heteroatoms. The maximum Gasteiger partial charge on any atom is 0.222 e. The predicted octanol–water partition coefficient (Wildman–Crippen LogP) is 2.40. The average Bonchev–Trinajstić information content (AvgIpc) is 2.81. The van der Waals surface area contributed by atoms with Crippen LogP contribution in [0.1, 0.15) is 49.7 Å². The number of benzene rings is 1. The van der Waals surface area contributed by atoms with E-state index < -0.39 is 0 Å². The SMILES string of the molecule is N#Cc1ccc(CCC(=O)NCCCN2CCCCCC2=O)cc1. The van der Waals surface area contributed by atoms with Gasteiger partial charge in [0.05, 0.1) is 11.6 Å². The summed E-state index contributed by atoms with van der Waals surface area (Å²) in [6, 6.07) is 9.39. The number of carbonyl (C=O) groups excluding carboxylic acids is 2. The van der Waals surface area contributed by atoms with Crippen molar-refractivity contribution in [2.24, 2.45) is 0 Å². The molecule has 0 aliphatic carbocycles. The molecule has 2 rings (SSSR count). The number of hydrogen-bond donors (Lipinski definition) is 1. The average molecular weight is 327 g/mol. The number of carbonyl (C=O) groups is 2. The zero-order valence-corrected chi connectivity index (χ0v) is 14.1. The molecule has 128 valence electrons. The molecule has 1 heterocycles. The Morgan fingerprint density at radius 3 is 2.75 bits per heavy atom. The summed E-state index contributed by atoms with van der Waals surface area (Å²) in [6.45, 7) is 2.19. The lowest BCUT2D eigenvalue weighted by atomic mass is 10.1. The van der Waals surface area contributed by atoms with Gasteiger partial charge in [-0.15, -0.1) is 0 Å². The van der Waals surface area contributed by atoms with Crippen LogP contribution in [-0.4, -0.2) is 36.3 Å². The molecule has 1 fully saturated rings. The third kappa shape index (κ3) is 6.04. The molecule has 2 amide bonds. The smallest absolute Gasteiger partial charge is 0.222 e. The Labute approximate surface area is 143 Å². The standard InChI is InChI=1S/C19H25N3O2/c20-15-17-8-6-16(7-9-17)10-11-18(23)21-12-4-14-22-13-3-1-2-5-19(22)24/h6-9H,1-5,10-14H2,(H,21,23). The summed E-state index contributed by atoms with van der Waals surface area (Å²) in [7, 11) is 0. The van der Waals surface area contributed by atoms with Gasteiger partial charge in [-0.25, -0.2) is 0 Å². The van der Waals surface area contributed by atoms with Crippen LogP contribution in [0.3, 0.4) is 0 Å². The summed E-state index contributed by atoms with van der Waals surface area (Å²) in [5.74, 6) is 0.279. The minimum absolute atomic E-state index is 0.0292. The van der Waals surface area contributed by atoms with Crippen molar-refractivity contribution in [3.63, 3.8) is 0 Å². The Kier molecular flexibility index (Phi) is 7.28. The van der Waals surface area contributed by atoms with E-state index in [2.05, 4.69) is 11.4 Å². The van der Waals surface area contributed by atoms with Crippen molar-refractivity contribution >= 4 is 11.8 Å². The van der Waals surface area contributed by atoms with Gasteiger partial charge in [-0.05, 0) is 43.4 Å². The van der Waals surface area contributed by atoms with Crippen LogP contribution in [0.4, 0.5) is 0 Å². The first-order chi connectivity index (χ1) is 11.7. The molecule has 1 aromatic rings. The van der Waals surface area contributed by atoms with Crippen LogP contribution < -0.4 is 5.32 Å². The van der Waals surface area contributed by atoms with Crippen LogP contribution in [0.5, 0.6) is 0 Å². The van der Waals surface area contributed by atoms with E-state index in [0.29, 0.717) is 31.4 Å². The van der Waals surface area contributed by atoms with Gasteiger partial charge in [0, 0.05) is 32.5 Å². The molecular formula is C19H25N3O2. The Balaban J connectivity index is 1.60. The maximum atomic E-state index is 11.9. The van der Waals surface area contributed by atoms with Crippen LogP contribution in [-0.2, 0) is 16.0 Å². The fourth-order valence-electron chi connectivity index (χ4n) is 2.86. The second-order valence-corrected chi connectivity index (χ2v) is 6.20. The first kappa shape index (κ1) is 18.0. The highest BCUT2D eigenvalue weighted by Gasteiger charge is 2.15. The fourth-order valence-corrected chi connectivity index (χ4v) is 2.86. The van der Waals surface area contributed by atoms with E-state index in [0.717, 1.165) is 44.3 Å². The van der Waals surface area contributed by atoms with E-state index >= 15 is 0 Å². The first-order valence-corrected chi connectivity index (χ1v) is 8.72. The number of aryl methyl sites for hydroxylation is 1. The number of nitriles is 1. The lowest BCUT2D eigenvalue weighted by Crippen LogP contribution is -2.34. The summed E-state index contributed by atoms with van der Waals surface area (Å²) in [5.41, 5.74) is 1.69. The molecule has 0 bridgehead atoms. The number of nitrogens with one attached hydrogen (secondary N) is 1. The molecule has 0 atom stereocenters. The van der Waals surface area contributed by atoms with Crippen molar-refractivity contribution in [2.45, 2.75) is 44.9 Å². The fraction of sp³-hybridized carbons (Fsp3) is 0.526. The number of hydrogen-bond acceptors (Lipinski definition) is 3. The van der Waals surface area contributed by atoms with E-state index in [1.165, 1.54) is 0 Å². The van der Waals surface area contributed by atoms with E-state index in [1.54, 1.807) is 12.1 Å². The van der Waals surface area contributed by atoms with E-state index in [1.807, 2.05) is 17.0 Å². The molecule has 24 heavy (non-hydrogen) atoms. The molecule has 1 aliphatic rings. The van der Waals surface area contributed by atoms with Crippen LogP contribution in [0, 0.1) is 11.3 Å². The summed E-state index contributed by atoms with van der Waals surface area (Å²) < 4.78 is 0. The Bertz CT molecular complexity index is 590. The lowest BCUT2D eigenvalue weighted by molar-refractivity contribution is -0.130. The topological polar surface area (TPSA) is 73.2 Å². The molecule has 0 spiro atoms. The number of likely N-dealkylation sites (tertiary alicyclic amines) is 1. The highest BCUT2D eigenvalue weighted by atomic mass is 16.2. The van der Waals surface area contributed by atoms with Gasteiger partial charge in [-0.2, -0.15) is 5.26 Å². The number of amides is 2. The van der Waals surface area contributed by atoms with E-state index in [4.69, 9.17) is 5.26 Å². The number of rotatable bonds is 7. The minimum atomic E-state index is 0.0292. The van der Waals surface area contributed by atoms with Crippen molar-refractivity contribution in [2.75, 3.05) is 19.6 Å². The largest absolute Gasteiger partial charge is 0.356 e. The highest BCUT2D eigenvalue weighted by molar-refractivity contribution is 5.76. The zero-order valence-electron chi connectivity index (χ0n) is 14.1. The van der Waals surface area contributed by atoms with E-state index in [9.17, 15) is 9.59 Å². The van der Waals surface area contributed by atoms with Crippen LogP contribution in [0.15, 0.2) is 24.3 Å². The minimum Gasteiger partial charge on any atom is -0.356 e. The van der Waals surface area contributed by atoms with Crippen molar-refractivity contribution in [3.8, 4) is 6.07 Å². The zero-order chi connectivity index (χ0) is 17.2. The second kappa shape index (κ2) is 9.71. The summed E-state index contributed by atoms with van der Waals surface area (Å²) in [5, 5.41) is 11.7. The lowest BCUT2D eigenvalue weighted by Gasteiger charge is -2.20. The van der Waals surface area contributed by atoms with Gasteiger partial charge in [0.1, 0.15) is 0 Å². The molecule has 1 aliphatic heterocycles. The molecule has 0 unspecified atom stereocenters. The molecule has 1 aromatic carbocycles. The van der Waals surface area contributed by atoms with Gasteiger partial charge in [0.2, 0.25) is 11.8 Å². The molecule has 5 nitrogen and oxygen atoms in total. The van der Waals surface area contributed by atoms with E-state index in [-0.39, 0.29) is 11.8 Å². The van der Waals surface area contributed by atoms with Gasteiger partial charge in [-0.1, -0.05) is 18.6 Å². The molecule has 0 aromatic heterocycles. The first-order valence-electron chi connectivity index (χ1n) is 8.72. The molecule has 1 saturated heterocycles. The Morgan fingerprint density at radius 1 is 1.21 bits per heavy atom. The summed E-state index contributed by atoms with van der Waals surface area (Å²) in [6.07, 6.45) is 5.79. The van der Waals surface area contributed by atoms with Gasteiger partial charge in [0.25, 0.3) is 0 Å².